The molecule has 2 unspecified atom stereocenters. The van der Waals surface area contributed by atoms with Gasteiger partial charge in [-0.3, -0.25) is 4.90 Å². The third-order valence-corrected chi connectivity index (χ3v) is 4.49. The number of nitrogens with one attached hydrogen (secondary N) is 1. The van der Waals surface area contributed by atoms with Crippen molar-refractivity contribution in [3.63, 3.8) is 0 Å². The first-order chi connectivity index (χ1) is 8.09. The van der Waals surface area contributed by atoms with E-state index in [1.165, 1.54) is 58.3 Å². The van der Waals surface area contributed by atoms with Crippen LogP contribution in [0.5, 0.6) is 0 Å². The molecule has 2 fully saturated rings. The van der Waals surface area contributed by atoms with Gasteiger partial charge in [0.25, 0.3) is 0 Å². The number of nitrogens with zero attached hydrogens (tertiary/aromatic N) is 2. The van der Waals surface area contributed by atoms with E-state index >= 15 is 0 Å². The van der Waals surface area contributed by atoms with Crippen LogP contribution in [-0.4, -0.2) is 61.7 Å². The Morgan fingerprint density at radius 1 is 1.29 bits per heavy atom. The molecule has 0 saturated carbocycles. The van der Waals surface area contributed by atoms with Gasteiger partial charge in [-0.2, -0.15) is 0 Å². The minimum absolute atomic E-state index is 0.368. The predicted octanol–water partition coefficient (Wildman–Crippen LogP) is 1.54. The summed E-state index contributed by atoms with van der Waals surface area (Å²) in [4.78, 5) is 5.06. The fourth-order valence-corrected chi connectivity index (χ4v) is 3.34. The summed E-state index contributed by atoms with van der Waals surface area (Å²) >= 11 is 0. The maximum absolute atomic E-state index is 3.73. The second-order valence-electron chi connectivity index (χ2n) is 6.44. The number of hydrogen-bond acceptors (Lipinski definition) is 3. The molecule has 0 amide bonds. The minimum Gasteiger partial charge on any atom is -0.310 e. The first-order valence-corrected chi connectivity index (χ1v) is 7.23. The molecule has 100 valence electrons. The largest absolute Gasteiger partial charge is 0.310 e. The molecule has 0 radical (unpaired) electrons. The molecular weight excluding hydrogens is 210 g/mol. The molecule has 0 aromatic rings. The highest BCUT2D eigenvalue weighted by molar-refractivity contribution is 4.91. The average Bonchev–Trinajstić information content (AvgIpc) is 2.29. The Balaban J connectivity index is 1.85. The molecule has 2 aliphatic rings. The van der Waals surface area contributed by atoms with Crippen LogP contribution in [0.4, 0.5) is 0 Å². The highest BCUT2D eigenvalue weighted by atomic mass is 15.2. The number of piperidine rings is 2. The molecule has 2 saturated heterocycles. The summed E-state index contributed by atoms with van der Waals surface area (Å²) < 4.78 is 0. The molecule has 2 atom stereocenters. The highest BCUT2D eigenvalue weighted by Crippen LogP contribution is 2.22. The lowest BCUT2D eigenvalue weighted by atomic mass is 9.89. The quantitative estimate of drug-likeness (QED) is 0.806. The summed E-state index contributed by atoms with van der Waals surface area (Å²) in [7, 11) is 4.43. The van der Waals surface area contributed by atoms with Crippen molar-refractivity contribution in [3.05, 3.63) is 0 Å². The van der Waals surface area contributed by atoms with Crippen molar-refractivity contribution in [3.8, 4) is 0 Å². The van der Waals surface area contributed by atoms with Crippen molar-refractivity contribution in [2.24, 2.45) is 0 Å². The van der Waals surface area contributed by atoms with Crippen LogP contribution in [0.3, 0.4) is 0 Å². The van der Waals surface area contributed by atoms with E-state index < -0.39 is 0 Å². The lowest BCUT2D eigenvalue weighted by Crippen LogP contribution is -2.56. The molecule has 17 heavy (non-hydrogen) atoms. The van der Waals surface area contributed by atoms with E-state index in [0.717, 1.165) is 6.04 Å². The van der Waals surface area contributed by atoms with E-state index in [1.807, 2.05) is 0 Å². The van der Waals surface area contributed by atoms with Crippen molar-refractivity contribution in [2.75, 3.05) is 40.3 Å². The van der Waals surface area contributed by atoms with Crippen LogP contribution in [0, 0.1) is 0 Å². The molecule has 2 rings (SSSR count). The van der Waals surface area contributed by atoms with Crippen LogP contribution in [0.15, 0.2) is 0 Å². The van der Waals surface area contributed by atoms with Gasteiger partial charge < -0.3 is 10.2 Å². The molecule has 2 heterocycles. The molecular formula is C14H29N3. The Morgan fingerprint density at radius 2 is 2.12 bits per heavy atom. The van der Waals surface area contributed by atoms with Gasteiger partial charge in [0.15, 0.2) is 0 Å². The van der Waals surface area contributed by atoms with E-state index in [-0.39, 0.29) is 0 Å². The normalized spacial score (nSPS) is 36.4. The summed E-state index contributed by atoms with van der Waals surface area (Å²) in [5.74, 6) is 0. The van der Waals surface area contributed by atoms with Gasteiger partial charge in [0, 0.05) is 24.7 Å². The van der Waals surface area contributed by atoms with Crippen LogP contribution in [0.25, 0.3) is 0 Å². The fourth-order valence-electron chi connectivity index (χ4n) is 3.34. The zero-order chi connectivity index (χ0) is 12.3. The summed E-state index contributed by atoms with van der Waals surface area (Å²) in [6.07, 6.45) is 6.83. The maximum Gasteiger partial charge on any atom is 0.0280 e. The lowest BCUT2D eigenvalue weighted by Gasteiger charge is -2.43. The van der Waals surface area contributed by atoms with Gasteiger partial charge in [-0.05, 0) is 59.8 Å². The SMILES string of the molecule is CN(C)C1CCCN(CC2(C)CCCCN2)C1. The number of likely N-dealkylation sites (tertiary alicyclic amines) is 1. The Kier molecular flexibility index (Phi) is 4.45. The zero-order valence-corrected chi connectivity index (χ0v) is 11.8. The van der Waals surface area contributed by atoms with Gasteiger partial charge in [0.05, 0.1) is 0 Å². The van der Waals surface area contributed by atoms with Crippen LogP contribution in [-0.2, 0) is 0 Å². The van der Waals surface area contributed by atoms with Crippen molar-refractivity contribution in [1.82, 2.24) is 15.1 Å². The lowest BCUT2D eigenvalue weighted by molar-refractivity contribution is 0.0953. The van der Waals surface area contributed by atoms with Crippen molar-refractivity contribution < 1.29 is 0 Å². The highest BCUT2D eigenvalue weighted by Gasteiger charge is 2.31. The molecule has 0 aliphatic carbocycles. The van der Waals surface area contributed by atoms with Gasteiger partial charge in [0.2, 0.25) is 0 Å². The molecule has 0 spiro atoms. The van der Waals surface area contributed by atoms with E-state index in [0.29, 0.717) is 5.54 Å². The Bertz CT molecular complexity index is 234. The van der Waals surface area contributed by atoms with Crippen molar-refractivity contribution in [1.29, 1.82) is 0 Å². The zero-order valence-electron chi connectivity index (χ0n) is 11.8. The second-order valence-corrected chi connectivity index (χ2v) is 6.44. The van der Waals surface area contributed by atoms with Crippen LogP contribution >= 0.6 is 0 Å². The van der Waals surface area contributed by atoms with Crippen molar-refractivity contribution in [2.45, 2.75) is 50.6 Å². The predicted molar refractivity (Wildman–Crippen MR) is 73.4 cm³/mol. The average molecular weight is 239 g/mol. The molecule has 3 nitrogen and oxygen atoms in total. The van der Waals surface area contributed by atoms with E-state index in [2.05, 4.69) is 36.1 Å². The first-order valence-electron chi connectivity index (χ1n) is 7.23. The summed E-state index contributed by atoms with van der Waals surface area (Å²) in [6.45, 7) is 7.40. The van der Waals surface area contributed by atoms with Gasteiger partial charge in [0.1, 0.15) is 0 Å². The van der Waals surface area contributed by atoms with Gasteiger partial charge in [-0.1, -0.05) is 6.42 Å². The van der Waals surface area contributed by atoms with E-state index in [1.54, 1.807) is 0 Å². The molecule has 0 aromatic heterocycles. The second kappa shape index (κ2) is 5.68. The Morgan fingerprint density at radius 3 is 2.76 bits per heavy atom. The van der Waals surface area contributed by atoms with E-state index in [9.17, 15) is 0 Å². The fraction of sp³-hybridized carbons (Fsp3) is 1.00. The van der Waals surface area contributed by atoms with Gasteiger partial charge >= 0.3 is 0 Å². The first kappa shape index (κ1) is 13.3. The maximum atomic E-state index is 3.73. The molecule has 3 heteroatoms. The third kappa shape index (κ3) is 3.67. The molecule has 0 bridgehead atoms. The smallest absolute Gasteiger partial charge is 0.0280 e. The molecule has 0 aromatic carbocycles. The Hall–Kier alpha value is -0.120. The summed E-state index contributed by atoms with van der Waals surface area (Å²) in [5.41, 5.74) is 0.368. The van der Waals surface area contributed by atoms with Crippen LogP contribution in [0.1, 0.15) is 39.0 Å². The van der Waals surface area contributed by atoms with Crippen molar-refractivity contribution >= 4 is 0 Å². The minimum atomic E-state index is 0.368. The van der Waals surface area contributed by atoms with Gasteiger partial charge in [-0.25, -0.2) is 0 Å². The molecule has 1 N–H and O–H groups in total. The van der Waals surface area contributed by atoms with Crippen LogP contribution < -0.4 is 5.32 Å². The molecule has 2 aliphatic heterocycles. The number of likely N-dealkylation sites (N-methyl/N-ethyl adjacent to an activating group) is 1. The topological polar surface area (TPSA) is 18.5 Å². The van der Waals surface area contributed by atoms with Gasteiger partial charge in [-0.15, -0.1) is 0 Å². The number of hydrogen-bond donors (Lipinski definition) is 1. The number of rotatable bonds is 3. The monoisotopic (exact) mass is 239 g/mol. The standard InChI is InChI=1S/C14H29N3/c1-14(8-4-5-9-15-14)12-17-10-6-7-13(11-17)16(2)3/h13,15H,4-12H2,1-3H3. The third-order valence-electron chi connectivity index (χ3n) is 4.49. The Labute approximate surface area is 107 Å². The van der Waals surface area contributed by atoms with Crippen LogP contribution in [0.2, 0.25) is 0 Å². The summed E-state index contributed by atoms with van der Waals surface area (Å²) in [6, 6.07) is 0.760. The van der Waals surface area contributed by atoms with E-state index in [4.69, 9.17) is 0 Å². The summed E-state index contributed by atoms with van der Waals surface area (Å²) in [5, 5.41) is 3.73.